The Morgan fingerprint density at radius 1 is 1.50 bits per heavy atom. The van der Waals surface area contributed by atoms with E-state index < -0.39 is 0 Å². The molecule has 14 heavy (non-hydrogen) atoms. The van der Waals surface area contributed by atoms with Gasteiger partial charge in [-0.2, -0.15) is 0 Å². The van der Waals surface area contributed by atoms with Crippen LogP contribution in [0.1, 0.15) is 36.2 Å². The van der Waals surface area contributed by atoms with Crippen LogP contribution >= 0.6 is 0 Å². The van der Waals surface area contributed by atoms with Crippen LogP contribution in [0.3, 0.4) is 0 Å². The molecule has 3 heteroatoms. The van der Waals surface area contributed by atoms with E-state index in [4.69, 9.17) is 5.73 Å². The predicted molar refractivity (Wildman–Crippen MR) is 54.9 cm³/mol. The summed E-state index contributed by atoms with van der Waals surface area (Å²) >= 11 is 0. The molecule has 0 bridgehead atoms. The van der Waals surface area contributed by atoms with Crippen LogP contribution in [0.2, 0.25) is 0 Å². The summed E-state index contributed by atoms with van der Waals surface area (Å²) in [5.74, 6) is 0.747. The monoisotopic (exact) mass is 190 g/mol. The average Bonchev–Trinajstić information content (AvgIpc) is 2.12. The first-order valence-corrected chi connectivity index (χ1v) is 5.00. The summed E-state index contributed by atoms with van der Waals surface area (Å²) in [5.41, 5.74) is 6.64. The Bertz CT molecular complexity index is 328. The van der Waals surface area contributed by atoms with Crippen molar-refractivity contribution in [2.45, 2.75) is 25.7 Å². The molecule has 1 aliphatic carbocycles. The maximum Gasteiger partial charge on any atom is 0.181 e. The third-order valence-electron chi connectivity index (χ3n) is 2.77. The van der Waals surface area contributed by atoms with E-state index in [0.717, 1.165) is 0 Å². The molecule has 1 aromatic heterocycles. The van der Waals surface area contributed by atoms with Gasteiger partial charge in [-0.3, -0.25) is 9.78 Å². The van der Waals surface area contributed by atoms with E-state index in [0.29, 0.717) is 23.7 Å². The highest BCUT2D eigenvalue weighted by molar-refractivity contribution is 5.94. The van der Waals surface area contributed by atoms with Gasteiger partial charge in [0.15, 0.2) is 5.78 Å². The second-order valence-corrected chi connectivity index (χ2v) is 3.90. The van der Waals surface area contributed by atoms with Gasteiger partial charge in [0.05, 0.1) is 11.9 Å². The van der Waals surface area contributed by atoms with Gasteiger partial charge in [0.1, 0.15) is 5.69 Å². The fourth-order valence-corrected chi connectivity index (χ4v) is 1.63. The van der Waals surface area contributed by atoms with Gasteiger partial charge in [-0.25, -0.2) is 0 Å². The van der Waals surface area contributed by atoms with Gasteiger partial charge < -0.3 is 5.73 Å². The van der Waals surface area contributed by atoms with E-state index in [-0.39, 0.29) is 5.78 Å². The fraction of sp³-hybridized carbons (Fsp3) is 0.455. The minimum atomic E-state index is 0.148. The minimum Gasteiger partial charge on any atom is -0.397 e. The van der Waals surface area contributed by atoms with Crippen molar-refractivity contribution in [1.82, 2.24) is 4.98 Å². The zero-order valence-corrected chi connectivity index (χ0v) is 8.07. The number of carbonyl (C=O) groups excluding carboxylic acids is 1. The number of anilines is 1. The smallest absolute Gasteiger partial charge is 0.181 e. The second kappa shape index (κ2) is 3.78. The Hall–Kier alpha value is -1.38. The number of carbonyl (C=O) groups is 1. The Labute approximate surface area is 83.3 Å². The molecule has 1 fully saturated rings. The number of hydrogen-bond acceptors (Lipinski definition) is 3. The molecule has 74 valence electrons. The van der Waals surface area contributed by atoms with Crippen molar-refractivity contribution in [2.24, 2.45) is 5.92 Å². The number of aromatic nitrogens is 1. The van der Waals surface area contributed by atoms with Crippen LogP contribution in [0, 0.1) is 5.92 Å². The number of nitrogens with zero attached hydrogens (tertiary/aromatic N) is 1. The van der Waals surface area contributed by atoms with Crippen molar-refractivity contribution < 1.29 is 4.79 Å². The highest BCUT2D eigenvalue weighted by atomic mass is 16.1. The van der Waals surface area contributed by atoms with Gasteiger partial charge in [-0.15, -0.1) is 0 Å². The topological polar surface area (TPSA) is 56.0 Å². The van der Waals surface area contributed by atoms with E-state index in [2.05, 4.69) is 4.98 Å². The molecule has 0 spiro atoms. The molecule has 0 aromatic carbocycles. The number of hydrogen-bond donors (Lipinski definition) is 1. The number of pyridine rings is 1. The Morgan fingerprint density at radius 2 is 2.29 bits per heavy atom. The van der Waals surface area contributed by atoms with Crippen LogP contribution in [0.15, 0.2) is 18.3 Å². The van der Waals surface area contributed by atoms with Gasteiger partial charge in [0.2, 0.25) is 0 Å². The SMILES string of the molecule is Nc1ccc(C(=O)CC2CCC2)nc1. The van der Waals surface area contributed by atoms with Crippen LogP contribution in [-0.4, -0.2) is 10.8 Å². The number of nitrogen functional groups attached to an aromatic ring is 1. The van der Waals surface area contributed by atoms with E-state index in [1.165, 1.54) is 25.5 Å². The molecule has 1 aromatic rings. The first-order chi connectivity index (χ1) is 6.75. The number of rotatable bonds is 3. The van der Waals surface area contributed by atoms with E-state index in [9.17, 15) is 4.79 Å². The highest BCUT2D eigenvalue weighted by Crippen LogP contribution is 2.30. The number of Topliss-reactive ketones (excluding diaryl/α,β-unsaturated/α-hetero) is 1. The van der Waals surface area contributed by atoms with Crippen molar-refractivity contribution in [3.63, 3.8) is 0 Å². The molecule has 0 atom stereocenters. The molecule has 1 saturated carbocycles. The normalized spacial score (nSPS) is 16.3. The molecule has 0 radical (unpaired) electrons. The van der Waals surface area contributed by atoms with Crippen LogP contribution < -0.4 is 5.73 Å². The van der Waals surface area contributed by atoms with E-state index in [1.807, 2.05) is 0 Å². The lowest BCUT2D eigenvalue weighted by atomic mass is 9.81. The Balaban J connectivity index is 1.99. The second-order valence-electron chi connectivity index (χ2n) is 3.90. The Kier molecular flexibility index (Phi) is 2.48. The lowest BCUT2D eigenvalue weighted by molar-refractivity contribution is 0.0931. The fourth-order valence-electron chi connectivity index (χ4n) is 1.63. The third kappa shape index (κ3) is 1.92. The first-order valence-electron chi connectivity index (χ1n) is 5.00. The van der Waals surface area contributed by atoms with Crippen LogP contribution in [-0.2, 0) is 0 Å². The summed E-state index contributed by atoms with van der Waals surface area (Å²) in [6, 6.07) is 3.43. The molecule has 0 saturated heterocycles. The van der Waals surface area contributed by atoms with Crippen molar-refractivity contribution >= 4 is 11.5 Å². The third-order valence-corrected chi connectivity index (χ3v) is 2.77. The molecule has 2 N–H and O–H groups in total. The number of nitrogens with two attached hydrogens (primary N) is 1. The molecular formula is C11H14N2O. The van der Waals surface area contributed by atoms with Gasteiger partial charge in [0, 0.05) is 6.42 Å². The van der Waals surface area contributed by atoms with Crippen molar-refractivity contribution in [3.8, 4) is 0 Å². The first kappa shape index (κ1) is 9.19. The zero-order valence-electron chi connectivity index (χ0n) is 8.07. The summed E-state index contributed by atoms with van der Waals surface area (Å²) in [6.45, 7) is 0. The summed E-state index contributed by atoms with van der Waals surface area (Å²) in [5, 5.41) is 0. The van der Waals surface area contributed by atoms with Gasteiger partial charge in [-0.05, 0) is 18.1 Å². The lowest BCUT2D eigenvalue weighted by Gasteiger charge is -2.24. The van der Waals surface area contributed by atoms with Crippen LogP contribution in [0.4, 0.5) is 5.69 Å². The van der Waals surface area contributed by atoms with Crippen LogP contribution in [0.5, 0.6) is 0 Å². The van der Waals surface area contributed by atoms with Crippen molar-refractivity contribution in [1.29, 1.82) is 0 Å². The van der Waals surface area contributed by atoms with Gasteiger partial charge >= 0.3 is 0 Å². The minimum absolute atomic E-state index is 0.148. The van der Waals surface area contributed by atoms with Crippen molar-refractivity contribution in [3.05, 3.63) is 24.0 Å². The summed E-state index contributed by atoms with van der Waals surface area (Å²) in [4.78, 5) is 15.7. The average molecular weight is 190 g/mol. The van der Waals surface area contributed by atoms with Crippen molar-refractivity contribution in [2.75, 3.05) is 5.73 Å². The molecule has 1 heterocycles. The summed E-state index contributed by atoms with van der Waals surface area (Å²) < 4.78 is 0. The van der Waals surface area contributed by atoms with Crippen LogP contribution in [0.25, 0.3) is 0 Å². The molecule has 1 aliphatic rings. The molecular weight excluding hydrogens is 176 g/mol. The maximum absolute atomic E-state index is 11.7. The maximum atomic E-state index is 11.7. The summed E-state index contributed by atoms with van der Waals surface area (Å²) in [6.07, 6.45) is 5.85. The molecule has 0 aliphatic heterocycles. The van der Waals surface area contributed by atoms with Gasteiger partial charge in [0.25, 0.3) is 0 Å². The lowest BCUT2D eigenvalue weighted by Crippen LogP contribution is -2.16. The highest BCUT2D eigenvalue weighted by Gasteiger charge is 2.21. The molecule has 0 unspecified atom stereocenters. The van der Waals surface area contributed by atoms with E-state index in [1.54, 1.807) is 12.1 Å². The molecule has 3 nitrogen and oxygen atoms in total. The summed E-state index contributed by atoms with van der Waals surface area (Å²) in [7, 11) is 0. The Morgan fingerprint density at radius 3 is 2.79 bits per heavy atom. The standard InChI is InChI=1S/C11H14N2O/c12-9-4-5-10(13-7-9)11(14)6-8-2-1-3-8/h4-5,7-8H,1-3,6,12H2. The number of ketones is 1. The predicted octanol–water partition coefficient (Wildman–Crippen LogP) is 2.04. The quantitative estimate of drug-likeness (QED) is 0.742. The largest absolute Gasteiger partial charge is 0.397 e. The van der Waals surface area contributed by atoms with E-state index >= 15 is 0 Å². The zero-order chi connectivity index (χ0) is 9.97. The molecule has 0 amide bonds. The van der Waals surface area contributed by atoms with Gasteiger partial charge in [-0.1, -0.05) is 19.3 Å². The molecule has 2 rings (SSSR count).